The average Bonchev–Trinajstić information content (AvgIpc) is 3.15. The zero-order chi connectivity index (χ0) is 21.0. The standard InChI is InChI=1S/C16H22BN5O5S2/c1-26-10-3-2-9-8-11(17(25)27-13(9)12(10)14(23)24)28-16-21-20-15(29-16)22(6-4-18)7-5-19/h2-3,11,25H,4-8,18-19H2,1H3,(H,23,24)/t11-/m0/s1. The van der Waals surface area contributed by atoms with Gasteiger partial charge in [-0.2, -0.15) is 0 Å². The molecule has 29 heavy (non-hydrogen) atoms. The number of aromatic carboxylic acids is 1. The summed E-state index contributed by atoms with van der Waals surface area (Å²) in [6, 6.07) is 3.33. The van der Waals surface area contributed by atoms with Crippen LogP contribution in [-0.4, -0.2) is 71.9 Å². The van der Waals surface area contributed by atoms with Gasteiger partial charge in [0, 0.05) is 26.2 Å². The van der Waals surface area contributed by atoms with Crippen molar-refractivity contribution in [1.82, 2.24) is 10.2 Å². The van der Waals surface area contributed by atoms with E-state index < -0.39 is 13.1 Å². The Morgan fingerprint density at radius 3 is 2.76 bits per heavy atom. The lowest BCUT2D eigenvalue weighted by atomic mass is 9.77. The smallest absolute Gasteiger partial charge is 0.534 e. The Morgan fingerprint density at radius 2 is 2.14 bits per heavy atom. The Bertz CT molecular complexity index is 864. The molecule has 0 radical (unpaired) electrons. The number of benzene rings is 1. The highest BCUT2D eigenvalue weighted by molar-refractivity contribution is 8.02. The molecule has 0 fully saturated rings. The van der Waals surface area contributed by atoms with Crippen LogP contribution in [0.15, 0.2) is 16.5 Å². The highest BCUT2D eigenvalue weighted by Crippen LogP contribution is 2.41. The van der Waals surface area contributed by atoms with Gasteiger partial charge in [0.05, 0.1) is 12.3 Å². The van der Waals surface area contributed by atoms with Crippen LogP contribution >= 0.6 is 23.1 Å². The van der Waals surface area contributed by atoms with Crippen LogP contribution in [0, 0.1) is 0 Å². The van der Waals surface area contributed by atoms with E-state index >= 15 is 0 Å². The number of anilines is 1. The number of methoxy groups -OCH3 is 1. The fraction of sp³-hybridized carbons (Fsp3) is 0.438. The van der Waals surface area contributed by atoms with Gasteiger partial charge in [-0.1, -0.05) is 29.2 Å². The number of hydrogen-bond donors (Lipinski definition) is 4. The summed E-state index contributed by atoms with van der Waals surface area (Å²) in [6.45, 7) is 2.20. The van der Waals surface area contributed by atoms with Crippen molar-refractivity contribution in [2.45, 2.75) is 15.9 Å². The molecule has 1 aromatic carbocycles. The Morgan fingerprint density at radius 1 is 1.41 bits per heavy atom. The van der Waals surface area contributed by atoms with Crippen molar-refractivity contribution in [2.24, 2.45) is 11.5 Å². The van der Waals surface area contributed by atoms with E-state index in [1.165, 1.54) is 30.2 Å². The number of carboxylic acid groups (broad SMARTS) is 1. The highest BCUT2D eigenvalue weighted by atomic mass is 32.2. The molecule has 3 rings (SSSR count). The van der Waals surface area contributed by atoms with Crippen LogP contribution in [0.5, 0.6) is 11.5 Å². The minimum absolute atomic E-state index is 0.0927. The van der Waals surface area contributed by atoms with Crippen LogP contribution in [0.2, 0.25) is 0 Å². The number of ether oxygens (including phenoxy) is 1. The van der Waals surface area contributed by atoms with Crippen LogP contribution in [-0.2, 0) is 6.42 Å². The second-order valence-electron chi connectivity index (χ2n) is 6.22. The largest absolute Gasteiger partial charge is 0.537 e. The number of thioether (sulfide) groups is 1. The molecular formula is C16H22BN5O5S2. The Hall–Kier alpha value is -2.06. The SMILES string of the molecule is COc1ccc2c(c1C(=O)O)OB(O)[C@@H](Sc1nnc(N(CCN)CCN)s1)C2. The lowest BCUT2D eigenvalue weighted by Gasteiger charge is -2.28. The van der Waals surface area contributed by atoms with E-state index in [-0.39, 0.29) is 22.2 Å². The summed E-state index contributed by atoms with van der Waals surface area (Å²) in [5, 5.41) is 28.7. The summed E-state index contributed by atoms with van der Waals surface area (Å²) in [5.74, 6) is -0.856. The molecule has 2 heterocycles. The van der Waals surface area contributed by atoms with Crippen LogP contribution in [0.4, 0.5) is 5.13 Å². The first-order valence-electron chi connectivity index (χ1n) is 8.91. The van der Waals surface area contributed by atoms with Crippen LogP contribution < -0.4 is 25.8 Å². The number of carboxylic acids is 1. The number of hydrogen-bond acceptors (Lipinski definition) is 11. The van der Waals surface area contributed by atoms with Crippen molar-refractivity contribution in [2.75, 3.05) is 38.2 Å². The van der Waals surface area contributed by atoms with E-state index in [0.29, 0.717) is 47.6 Å². The zero-order valence-corrected chi connectivity index (χ0v) is 17.4. The Balaban J connectivity index is 1.78. The summed E-state index contributed by atoms with van der Waals surface area (Å²) in [6.07, 6.45) is 0.412. The number of nitrogens with zero attached hydrogens (tertiary/aromatic N) is 3. The van der Waals surface area contributed by atoms with Gasteiger partial charge in [0.1, 0.15) is 17.1 Å². The topological polar surface area (TPSA) is 157 Å². The van der Waals surface area contributed by atoms with E-state index in [9.17, 15) is 14.9 Å². The van der Waals surface area contributed by atoms with Crippen molar-refractivity contribution < 1.29 is 24.3 Å². The van der Waals surface area contributed by atoms with Crippen molar-refractivity contribution in [3.8, 4) is 11.5 Å². The predicted octanol–water partition coefficient (Wildman–Crippen LogP) is 0.0842. The normalized spacial score (nSPS) is 15.6. The molecule has 0 saturated heterocycles. The molecule has 0 aliphatic carbocycles. The van der Waals surface area contributed by atoms with Crippen LogP contribution in [0.3, 0.4) is 0 Å². The summed E-state index contributed by atoms with van der Waals surface area (Å²) in [4.78, 5) is 13.6. The first-order chi connectivity index (χ1) is 14.0. The fourth-order valence-corrected chi connectivity index (χ4v) is 5.21. The van der Waals surface area contributed by atoms with Gasteiger partial charge in [-0.25, -0.2) is 4.79 Å². The van der Waals surface area contributed by atoms with Gasteiger partial charge in [-0.15, -0.1) is 10.2 Å². The Labute approximate surface area is 176 Å². The second kappa shape index (κ2) is 9.63. The number of fused-ring (bicyclic) bond motifs is 1. The van der Waals surface area contributed by atoms with E-state index in [4.69, 9.17) is 20.9 Å². The lowest BCUT2D eigenvalue weighted by Crippen LogP contribution is -2.40. The monoisotopic (exact) mass is 439 g/mol. The van der Waals surface area contributed by atoms with Gasteiger partial charge in [0.2, 0.25) is 5.13 Å². The maximum Gasteiger partial charge on any atom is 0.537 e. The van der Waals surface area contributed by atoms with Gasteiger partial charge in [-0.05, 0) is 18.1 Å². The molecule has 1 aliphatic heterocycles. The third-order valence-electron chi connectivity index (χ3n) is 4.33. The van der Waals surface area contributed by atoms with Crippen LogP contribution in [0.1, 0.15) is 15.9 Å². The quantitative estimate of drug-likeness (QED) is 0.392. The van der Waals surface area contributed by atoms with Gasteiger partial charge in [-0.3, -0.25) is 0 Å². The summed E-state index contributed by atoms with van der Waals surface area (Å²) in [7, 11) is 0.187. The first kappa shape index (κ1) is 21.6. The molecule has 10 nitrogen and oxygen atoms in total. The third kappa shape index (κ3) is 4.75. The van der Waals surface area contributed by atoms with E-state index in [2.05, 4.69) is 10.2 Å². The first-order valence-corrected chi connectivity index (χ1v) is 10.6. The summed E-state index contributed by atoms with van der Waals surface area (Å²) < 4.78 is 11.3. The van der Waals surface area contributed by atoms with E-state index in [1.807, 2.05) is 4.90 Å². The summed E-state index contributed by atoms with van der Waals surface area (Å²) >= 11 is 2.72. The fourth-order valence-electron chi connectivity index (χ4n) is 3.01. The maximum absolute atomic E-state index is 11.6. The molecule has 0 saturated carbocycles. The number of carbonyl (C=O) groups is 1. The molecule has 1 atom stereocenters. The van der Waals surface area contributed by atoms with Gasteiger partial charge >= 0.3 is 13.1 Å². The van der Waals surface area contributed by atoms with Gasteiger partial charge < -0.3 is 35.9 Å². The number of aromatic nitrogens is 2. The molecule has 0 spiro atoms. The highest BCUT2D eigenvalue weighted by Gasteiger charge is 2.39. The predicted molar refractivity (Wildman–Crippen MR) is 112 cm³/mol. The minimum atomic E-state index is -1.20. The second-order valence-corrected chi connectivity index (χ2v) is 8.66. The molecule has 2 aromatic rings. The van der Waals surface area contributed by atoms with Gasteiger partial charge in [0.15, 0.2) is 4.34 Å². The van der Waals surface area contributed by atoms with Crippen molar-refractivity contribution >= 4 is 41.3 Å². The molecule has 1 aromatic heterocycles. The Kier molecular flexibility index (Phi) is 7.19. The molecule has 6 N–H and O–H groups in total. The molecule has 1 aliphatic rings. The molecule has 13 heteroatoms. The minimum Gasteiger partial charge on any atom is -0.534 e. The number of nitrogens with two attached hydrogens (primary N) is 2. The molecule has 0 amide bonds. The van der Waals surface area contributed by atoms with Gasteiger partial charge in [0.25, 0.3) is 0 Å². The summed E-state index contributed by atoms with van der Waals surface area (Å²) in [5.41, 5.74) is 11.9. The third-order valence-corrected chi connectivity index (χ3v) is 6.63. The van der Waals surface area contributed by atoms with Crippen molar-refractivity contribution in [3.05, 3.63) is 23.3 Å². The number of rotatable bonds is 9. The van der Waals surface area contributed by atoms with E-state index in [1.54, 1.807) is 12.1 Å². The average molecular weight is 439 g/mol. The molecule has 156 valence electrons. The molecule has 0 bridgehead atoms. The van der Waals surface area contributed by atoms with Crippen molar-refractivity contribution in [1.29, 1.82) is 0 Å². The lowest BCUT2D eigenvalue weighted by molar-refractivity contribution is 0.0690. The van der Waals surface area contributed by atoms with E-state index in [0.717, 1.165) is 0 Å². The van der Waals surface area contributed by atoms with Crippen molar-refractivity contribution in [3.63, 3.8) is 0 Å². The van der Waals surface area contributed by atoms with Crippen LogP contribution in [0.25, 0.3) is 0 Å². The molecular weight excluding hydrogens is 417 g/mol. The zero-order valence-electron chi connectivity index (χ0n) is 15.8. The maximum atomic E-state index is 11.6. The molecule has 0 unspecified atom stereocenters.